The summed E-state index contributed by atoms with van der Waals surface area (Å²) in [5.41, 5.74) is 11.0. The van der Waals surface area contributed by atoms with Crippen molar-refractivity contribution in [2.24, 2.45) is 0 Å². The van der Waals surface area contributed by atoms with E-state index in [-0.39, 0.29) is 6.04 Å². The molecule has 3 heterocycles. The van der Waals surface area contributed by atoms with Gasteiger partial charge in [-0.05, 0) is 104 Å². The summed E-state index contributed by atoms with van der Waals surface area (Å²) in [6.07, 6.45) is 5.26. The van der Waals surface area contributed by atoms with Gasteiger partial charge < -0.3 is 25.1 Å². The zero-order chi connectivity index (χ0) is 27.5. The Hall–Kier alpha value is -3.68. The minimum Gasteiger partial charge on any atom is -0.494 e. The lowest BCUT2D eigenvalue weighted by Crippen LogP contribution is -2.42. The van der Waals surface area contributed by atoms with Crippen LogP contribution in [0.3, 0.4) is 0 Å². The first-order valence-electron chi connectivity index (χ1n) is 14.1. The number of amides is 1. The van der Waals surface area contributed by atoms with Crippen LogP contribution in [0.1, 0.15) is 48.5 Å². The molecule has 6 rings (SSSR count). The molecule has 4 aromatic rings. The van der Waals surface area contributed by atoms with Gasteiger partial charge in [0.2, 0.25) is 0 Å². The minimum absolute atomic E-state index is 0.342. The summed E-state index contributed by atoms with van der Waals surface area (Å²) in [6.45, 7) is 4.69. The van der Waals surface area contributed by atoms with E-state index in [1.54, 1.807) is 29.2 Å². The lowest BCUT2D eigenvalue weighted by Gasteiger charge is -2.35. The lowest BCUT2D eigenvalue weighted by atomic mass is 9.92. The number of likely N-dealkylation sites (tertiary alicyclic amines) is 1. The lowest BCUT2D eigenvalue weighted by molar-refractivity contribution is 0.135. The highest BCUT2D eigenvalue weighted by Gasteiger charge is 2.35. The Kier molecular flexibility index (Phi) is 7.84. The summed E-state index contributed by atoms with van der Waals surface area (Å²) in [7, 11) is 0. The number of piperidine rings is 1. The van der Waals surface area contributed by atoms with Crippen molar-refractivity contribution in [3.8, 4) is 11.5 Å². The van der Waals surface area contributed by atoms with Crippen LogP contribution in [0.2, 0.25) is 5.02 Å². The molecule has 1 fully saturated rings. The Bertz CT molecular complexity index is 1460. The van der Waals surface area contributed by atoms with Gasteiger partial charge in [-0.15, -0.1) is 0 Å². The summed E-state index contributed by atoms with van der Waals surface area (Å²) in [5.74, 6) is 1.29. The molecule has 1 unspecified atom stereocenters. The monoisotopic (exact) mass is 558 g/mol. The van der Waals surface area contributed by atoms with Gasteiger partial charge in [-0.1, -0.05) is 30.2 Å². The molecule has 3 aromatic carbocycles. The van der Waals surface area contributed by atoms with Crippen LogP contribution in [0.25, 0.3) is 10.9 Å². The average Bonchev–Trinajstić information content (AvgIpc) is 3.35. The Morgan fingerprint density at radius 1 is 0.950 bits per heavy atom. The summed E-state index contributed by atoms with van der Waals surface area (Å²) in [5, 5.41) is 1.69. The van der Waals surface area contributed by atoms with Crippen molar-refractivity contribution in [1.29, 1.82) is 0 Å². The maximum atomic E-state index is 13.5. The van der Waals surface area contributed by atoms with Crippen molar-refractivity contribution in [3.63, 3.8) is 0 Å². The number of anilines is 1. The normalized spacial score (nSPS) is 17.5. The number of ether oxygens (including phenoxy) is 2. The number of H-pyrrole nitrogens is 1. The van der Waals surface area contributed by atoms with Gasteiger partial charge in [0.1, 0.15) is 17.5 Å². The van der Waals surface area contributed by atoms with Gasteiger partial charge in [-0.3, -0.25) is 4.90 Å². The largest absolute Gasteiger partial charge is 0.494 e. The fourth-order valence-corrected chi connectivity index (χ4v) is 6.04. The van der Waals surface area contributed by atoms with Gasteiger partial charge in [-0.2, -0.15) is 0 Å². The van der Waals surface area contributed by atoms with E-state index in [1.165, 1.54) is 37.9 Å². The van der Waals surface area contributed by atoms with Gasteiger partial charge in [0, 0.05) is 40.4 Å². The Morgan fingerprint density at radius 3 is 2.48 bits per heavy atom. The summed E-state index contributed by atoms with van der Waals surface area (Å²) in [6, 6.07) is 20.5. The van der Waals surface area contributed by atoms with Crippen molar-refractivity contribution in [1.82, 2.24) is 14.8 Å². The van der Waals surface area contributed by atoms with Crippen LogP contribution >= 0.6 is 11.6 Å². The third kappa shape index (κ3) is 5.76. The molecule has 2 aliphatic rings. The Labute approximate surface area is 239 Å². The minimum atomic E-state index is -0.408. The number of carbonyl (C=O) groups is 1. The third-order valence-corrected chi connectivity index (χ3v) is 8.19. The molecule has 208 valence electrons. The fourth-order valence-electron chi connectivity index (χ4n) is 5.92. The topological polar surface area (TPSA) is 83.8 Å². The van der Waals surface area contributed by atoms with Gasteiger partial charge >= 0.3 is 6.09 Å². The molecule has 1 amide bonds. The number of nitrogen functional groups attached to an aromatic ring is 1. The summed E-state index contributed by atoms with van der Waals surface area (Å²) < 4.78 is 11.8. The van der Waals surface area contributed by atoms with E-state index in [0.29, 0.717) is 30.3 Å². The van der Waals surface area contributed by atoms with Gasteiger partial charge in [0.25, 0.3) is 0 Å². The zero-order valence-corrected chi connectivity index (χ0v) is 23.3. The SMILES string of the molecule is Nc1ccc2[nH]c3c(c2c1)CCN(C(=O)Oc1ccc(Cl)cc1)C3c1ccc(OCCCN2CCCCC2)cc1. The quantitative estimate of drug-likeness (QED) is 0.192. The summed E-state index contributed by atoms with van der Waals surface area (Å²) in [4.78, 5) is 21.4. The number of carbonyl (C=O) groups excluding carboxylic acids is 1. The number of benzene rings is 3. The van der Waals surface area contributed by atoms with E-state index in [2.05, 4.69) is 9.88 Å². The number of rotatable bonds is 7. The van der Waals surface area contributed by atoms with Crippen molar-refractivity contribution < 1.29 is 14.3 Å². The van der Waals surface area contributed by atoms with Crippen LogP contribution in [0, 0.1) is 0 Å². The number of halogens is 1. The highest BCUT2D eigenvalue weighted by molar-refractivity contribution is 6.30. The molecule has 3 N–H and O–H groups in total. The van der Waals surface area contributed by atoms with E-state index >= 15 is 0 Å². The number of hydrogen-bond donors (Lipinski definition) is 2. The molecular formula is C32H35ClN4O3. The van der Waals surface area contributed by atoms with E-state index in [0.717, 1.165) is 46.6 Å². The second kappa shape index (κ2) is 11.8. The molecule has 1 aromatic heterocycles. The van der Waals surface area contributed by atoms with Crippen molar-refractivity contribution >= 4 is 34.3 Å². The van der Waals surface area contributed by atoms with Crippen molar-refractivity contribution in [2.45, 2.75) is 38.1 Å². The second-order valence-electron chi connectivity index (χ2n) is 10.7. The standard InChI is InChI=1S/C32H35ClN4O3/c33-23-7-12-26(13-8-23)40-32(38)37-19-15-27-28-21-24(34)9-14-29(28)35-30(27)31(37)22-5-10-25(11-6-22)39-20-4-18-36-16-2-1-3-17-36/h5-14,21,31,35H,1-4,15-20,34H2. The first-order chi connectivity index (χ1) is 19.5. The predicted octanol–water partition coefficient (Wildman–Crippen LogP) is 6.80. The zero-order valence-electron chi connectivity index (χ0n) is 22.6. The first-order valence-corrected chi connectivity index (χ1v) is 14.5. The van der Waals surface area contributed by atoms with Crippen LogP contribution < -0.4 is 15.2 Å². The van der Waals surface area contributed by atoms with Crippen LogP contribution in [-0.2, 0) is 6.42 Å². The third-order valence-electron chi connectivity index (χ3n) is 7.94. The van der Waals surface area contributed by atoms with Crippen LogP contribution in [-0.4, -0.2) is 53.7 Å². The van der Waals surface area contributed by atoms with Gasteiger partial charge in [-0.25, -0.2) is 4.79 Å². The van der Waals surface area contributed by atoms with Crippen LogP contribution in [0.5, 0.6) is 11.5 Å². The maximum absolute atomic E-state index is 13.5. The molecule has 1 atom stereocenters. The molecule has 2 aliphatic heterocycles. The molecule has 40 heavy (non-hydrogen) atoms. The molecule has 0 radical (unpaired) electrons. The molecular weight excluding hydrogens is 524 g/mol. The molecule has 7 nitrogen and oxygen atoms in total. The maximum Gasteiger partial charge on any atom is 0.416 e. The van der Waals surface area contributed by atoms with Gasteiger partial charge in [0.05, 0.1) is 6.61 Å². The number of nitrogens with two attached hydrogens (primary N) is 1. The molecule has 0 aliphatic carbocycles. The highest BCUT2D eigenvalue weighted by atomic mass is 35.5. The van der Waals surface area contributed by atoms with E-state index in [1.807, 2.05) is 42.5 Å². The van der Waals surface area contributed by atoms with E-state index < -0.39 is 6.09 Å². The van der Waals surface area contributed by atoms with Crippen LogP contribution in [0.15, 0.2) is 66.7 Å². The van der Waals surface area contributed by atoms with E-state index in [4.69, 9.17) is 26.8 Å². The van der Waals surface area contributed by atoms with Crippen molar-refractivity contribution in [2.75, 3.05) is 38.5 Å². The predicted molar refractivity (Wildman–Crippen MR) is 159 cm³/mol. The number of aromatic amines is 1. The molecule has 0 spiro atoms. The fraction of sp³-hybridized carbons (Fsp3) is 0.344. The van der Waals surface area contributed by atoms with Crippen molar-refractivity contribution in [3.05, 3.63) is 88.6 Å². The number of fused-ring (bicyclic) bond motifs is 3. The number of aromatic nitrogens is 1. The smallest absolute Gasteiger partial charge is 0.416 e. The van der Waals surface area contributed by atoms with Gasteiger partial charge in [0.15, 0.2) is 0 Å². The number of hydrogen-bond acceptors (Lipinski definition) is 5. The molecule has 8 heteroatoms. The highest BCUT2D eigenvalue weighted by Crippen LogP contribution is 2.39. The van der Waals surface area contributed by atoms with Crippen LogP contribution in [0.4, 0.5) is 10.5 Å². The molecule has 0 saturated carbocycles. The van der Waals surface area contributed by atoms with E-state index in [9.17, 15) is 4.79 Å². The Morgan fingerprint density at radius 2 is 1.70 bits per heavy atom. The summed E-state index contributed by atoms with van der Waals surface area (Å²) >= 11 is 6.02. The number of nitrogens with zero attached hydrogens (tertiary/aromatic N) is 2. The molecule has 0 bridgehead atoms. The second-order valence-corrected chi connectivity index (χ2v) is 11.1. The molecule has 1 saturated heterocycles. The Balaban J connectivity index is 1.22. The average molecular weight is 559 g/mol. The first kappa shape index (κ1) is 26.5. The number of nitrogens with one attached hydrogen (secondary N) is 1.